The van der Waals surface area contributed by atoms with E-state index in [1.54, 1.807) is 21.3 Å². The lowest BCUT2D eigenvalue weighted by molar-refractivity contribution is -0.124. The molecule has 2 aliphatic heterocycles. The van der Waals surface area contributed by atoms with Crippen molar-refractivity contribution >= 4 is 17.2 Å². The Morgan fingerprint density at radius 1 is 0.871 bits per heavy atom. The monoisotopic (exact) mass is 418 g/mol. The number of carbonyl (C=O) groups is 1. The molecule has 0 bridgehead atoms. The molecule has 2 heterocycles. The van der Waals surface area contributed by atoms with Crippen LogP contribution in [0.5, 0.6) is 17.2 Å². The van der Waals surface area contributed by atoms with Gasteiger partial charge in [-0.2, -0.15) is 0 Å². The Bertz CT molecular complexity index is 1120. The first-order valence-electron chi connectivity index (χ1n) is 10.6. The molecule has 0 aromatic heterocycles. The second-order valence-electron chi connectivity index (χ2n) is 7.96. The third-order valence-electron chi connectivity index (χ3n) is 6.35. The van der Waals surface area contributed by atoms with Crippen LogP contribution < -0.4 is 19.5 Å². The van der Waals surface area contributed by atoms with E-state index in [-0.39, 0.29) is 5.91 Å². The Kier molecular flexibility index (Phi) is 4.85. The summed E-state index contributed by atoms with van der Waals surface area (Å²) in [4.78, 5) is 15.4. The summed E-state index contributed by atoms with van der Waals surface area (Å²) in [6.07, 6.45) is 3.62. The highest BCUT2D eigenvalue weighted by molar-refractivity contribution is 6.05. The first kappa shape index (κ1) is 19.5. The largest absolute Gasteiger partial charge is 0.497 e. The number of nitrogens with one attached hydrogen (secondary N) is 1. The van der Waals surface area contributed by atoms with Crippen LogP contribution in [0.15, 0.2) is 53.4 Å². The summed E-state index contributed by atoms with van der Waals surface area (Å²) in [7, 11) is 4.96. The topological polar surface area (TPSA) is 60.0 Å². The molecule has 31 heavy (non-hydrogen) atoms. The molecule has 5 rings (SSSR count). The summed E-state index contributed by atoms with van der Waals surface area (Å²) >= 11 is 0. The first-order valence-corrected chi connectivity index (χ1v) is 10.6. The van der Waals surface area contributed by atoms with Crippen molar-refractivity contribution in [3.8, 4) is 17.2 Å². The van der Waals surface area contributed by atoms with E-state index < -0.39 is 0 Å². The van der Waals surface area contributed by atoms with Gasteiger partial charge in [0.2, 0.25) is 0 Å². The van der Waals surface area contributed by atoms with Gasteiger partial charge in [0.05, 0.1) is 27.0 Å². The number of allylic oxidation sites excluding steroid dienone is 2. The lowest BCUT2D eigenvalue weighted by atomic mass is 9.86. The second-order valence-corrected chi connectivity index (χ2v) is 7.96. The summed E-state index contributed by atoms with van der Waals surface area (Å²) in [5.74, 6) is 2.29. The number of carbonyl (C=O) groups excluding carboxylic acids is 1. The lowest BCUT2D eigenvalue weighted by Gasteiger charge is -2.24. The van der Waals surface area contributed by atoms with Gasteiger partial charge in [-0.15, -0.1) is 0 Å². The molecule has 0 saturated carbocycles. The Balaban J connectivity index is 1.61. The number of benzene rings is 2. The Hall–Kier alpha value is -3.41. The standard InChI is InChI=1S/C25H26N2O4/c1-29-17-9-7-16(8-10-17)26-23-19-6-4-5-18-20-14-22(31-3)21(30-2)13-15(20)11-12-27(24(18)19)25(23)28/h7-10,13-14,26H,4-6,11-12H2,1-3H3. The van der Waals surface area contributed by atoms with Crippen molar-refractivity contribution in [2.75, 3.05) is 33.2 Å². The lowest BCUT2D eigenvalue weighted by Crippen LogP contribution is -2.29. The van der Waals surface area contributed by atoms with E-state index >= 15 is 0 Å². The highest BCUT2D eigenvalue weighted by Gasteiger charge is 2.40. The number of hydrogen-bond acceptors (Lipinski definition) is 5. The number of anilines is 1. The van der Waals surface area contributed by atoms with E-state index in [1.165, 1.54) is 16.7 Å². The van der Waals surface area contributed by atoms with Gasteiger partial charge in [-0.05, 0) is 78.8 Å². The van der Waals surface area contributed by atoms with E-state index in [9.17, 15) is 4.79 Å². The van der Waals surface area contributed by atoms with Crippen molar-refractivity contribution in [3.63, 3.8) is 0 Å². The first-order chi connectivity index (χ1) is 15.1. The van der Waals surface area contributed by atoms with Gasteiger partial charge in [-0.1, -0.05) is 0 Å². The molecule has 1 N–H and O–H groups in total. The summed E-state index contributed by atoms with van der Waals surface area (Å²) < 4.78 is 16.3. The molecule has 160 valence electrons. The molecule has 2 aromatic carbocycles. The van der Waals surface area contributed by atoms with Gasteiger partial charge >= 0.3 is 0 Å². The number of ether oxygens (including phenoxy) is 3. The highest BCUT2D eigenvalue weighted by atomic mass is 16.5. The smallest absolute Gasteiger partial charge is 0.275 e. The Labute approximate surface area is 182 Å². The van der Waals surface area contributed by atoms with Crippen molar-refractivity contribution in [1.82, 2.24) is 4.90 Å². The van der Waals surface area contributed by atoms with Crippen molar-refractivity contribution < 1.29 is 19.0 Å². The molecule has 0 unspecified atom stereocenters. The van der Waals surface area contributed by atoms with Gasteiger partial charge < -0.3 is 24.4 Å². The molecule has 0 atom stereocenters. The minimum absolute atomic E-state index is 0.0481. The van der Waals surface area contributed by atoms with E-state index in [1.807, 2.05) is 29.2 Å². The van der Waals surface area contributed by atoms with E-state index in [4.69, 9.17) is 14.2 Å². The molecule has 3 aliphatic rings. The van der Waals surface area contributed by atoms with Crippen LogP contribution in [0.3, 0.4) is 0 Å². The number of hydrogen-bond donors (Lipinski definition) is 1. The molecule has 6 nitrogen and oxygen atoms in total. The van der Waals surface area contributed by atoms with E-state index in [0.29, 0.717) is 12.2 Å². The third-order valence-corrected chi connectivity index (χ3v) is 6.35. The molecule has 6 heteroatoms. The normalized spacial score (nSPS) is 17.3. The van der Waals surface area contributed by atoms with E-state index in [2.05, 4.69) is 17.4 Å². The zero-order valence-corrected chi connectivity index (χ0v) is 18.1. The van der Waals surface area contributed by atoms with Crippen LogP contribution >= 0.6 is 0 Å². The Morgan fingerprint density at radius 2 is 1.58 bits per heavy atom. The van der Waals surface area contributed by atoms with Crippen molar-refractivity contribution in [2.24, 2.45) is 0 Å². The fourth-order valence-electron chi connectivity index (χ4n) is 4.86. The number of rotatable bonds is 5. The van der Waals surface area contributed by atoms with Crippen molar-refractivity contribution in [2.45, 2.75) is 25.7 Å². The number of methoxy groups -OCH3 is 3. The molecule has 1 aliphatic carbocycles. The zero-order valence-electron chi connectivity index (χ0n) is 18.1. The maximum absolute atomic E-state index is 13.5. The van der Waals surface area contributed by atoms with Crippen LogP contribution in [-0.2, 0) is 11.2 Å². The SMILES string of the molecule is COc1ccc(NC2=C3CCCC4=C3N(CCc3cc(OC)c(OC)cc34)C2=O)cc1. The molecular weight excluding hydrogens is 392 g/mol. The zero-order chi connectivity index (χ0) is 21.5. The summed E-state index contributed by atoms with van der Waals surface area (Å²) in [5.41, 5.74) is 7.38. The van der Waals surface area contributed by atoms with Gasteiger partial charge in [-0.3, -0.25) is 4.79 Å². The molecule has 0 radical (unpaired) electrons. The van der Waals surface area contributed by atoms with Gasteiger partial charge in [0.1, 0.15) is 11.4 Å². The summed E-state index contributed by atoms with van der Waals surface area (Å²) in [6.45, 7) is 0.650. The van der Waals surface area contributed by atoms with Crippen LogP contribution in [-0.4, -0.2) is 38.7 Å². The van der Waals surface area contributed by atoms with Gasteiger partial charge in [0.15, 0.2) is 11.5 Å². The molecule has 1 amide bonds. The number of amides is 1. The predicted molar refractivity (Wildman–Crippen MR) is 119 cm³/mol. The Morgan fingerprint density at radius 3 is 2.29 bits per heavy atom. The van der Waals surface area contributed by atoms with Gasteiger partial charge in [-0.25, -0.2) is 0 Å². The average Bonchev–Trinajstić information content (AvgIpc) is 2.97. The fraction of sp³-hybridized carbons (Fsp3) is 0.320. The minimum atomic E-state index is 0.0481. The molecule has 2 aromatic rings. The van der Waals surface area contributed by atoms with Crippen LogP contribution in [0.2, 0.25) is 0 Å². The summed E-state index contributed by atoms with van der Waals surface area (Å²) in [5, 5.41) is 3.39. The number of nitrogens with zero attached hydrogens (tertiary/aromatic N) is 1. The quantitative estimate of drug-likeness (QED) is 0.781. The predicted octanol–water partition coefficient (Wildman–Crippen LogP) is 4.37. The maximum atomic E-state index is 13.5. The molecular formula is C25H26N2O4. The van der Waals surface area contributed by atoms with Crippen LogP contribution in [0.25, 0.3) is 5.57 Å². The van der Waals surface area contributed by atoms with Gasteiger partial charge in [0, 0.05) is 17.8 Å². The molecule has 0 spiro atoms. The second kappa shape index (κ2) is 7.69. The van der Waals surface area contributed by atoms with Crippen LogP contribution in [0.4, 0.5) is 5.69 Å². The fourth-order valence-corrected chi connectivity index (χ4v) is 4.86. The molecule has 0 saturated heterocycles. The molecule has 0 fully saturated rings. The van der Waals surface area contributed by atoms with Gasteiger partial charge in [0.25, 0.3) is 5.91 Å². The minimum Gasteiger partial charge on any atom is -0.497 e. The van der Waals surface area contributed by atoms with Crippen LogP contribution in [0.1, 0.15) is 30.4 Å². The maximum Gasteiger partial charge on any atom is 0.275 e. The summed E-state index contributed by atoms with van der Waals surface area (Å²) in [6, 6.07) is 11.8. The van der Waals surface area contributed by atoms with E-state index in [0.717, 1.165) is 59.9 Å². The van der Waals surface area contributed by atoms with Crippen molar-refractivity contribution in [1.29, 1.82) is 0 Å². The van der Waals surface area contributed by atoms with Crippen LogP contribution in [0, 0.1) is 0 Å². The number of fused-ring (bicyclic) bond motifs is 2. The highest BCUT2D eigenvalue weighted by Crippen LogP contribution is 2.47. The third kappa shape index (κ3) is 3.14. The van der Waals surface area contributed by atoms with Crippen molar-refractivity contribution in [3.05, 3.63) is 64.5 Å². The average molecular weight is 418 g/mol.